The lowest BCUT2D eigenvalue weighted by Crippen LogP contribution is -2.21. The molecule has 0 fully saturated rings. The molecule has 0 spiro atoms. The van der Waals surface area contributed by atoms with Crippen LogP contribution in [-0.4, -0.2) is 19.7 Å². The molecule has 154 valence electrons. The van der Waals surface area contributed by atoms with Crippen molar-refractivity contribution in [3.8, 4) is 5.69 Å². The standard InChI is InChI=1S/C23H24N4O2S/c1-5-15-10-12-16(13-11-15)27-20(28)17-8-6-7-9-18(17)24-22(27)30-14-19-25-21(29-26-19)23(2,3)4/h6-13H,5,14H2,1-4H3. The molecule has 4 rings (SSSR count). The van der Waals surface area contributed by atoms with Gasteiger partial charge in [0.05, 0.1) is 22.3 Å². The van der Waals surface area contributed by atoms with Gasteiger partial charge in [-0.05, 0) is 36.2 Å². The van der Waals surface area contributed by atoms with Crippen LogP contribution in [0.25, 0.3) is 16.6 Å². The maximum absolute atomic E-state index is 13.3. The van der Waals surface area contributed by atoms with Gasteiger partial charge in [-0.1, -0.05) is 68.9 Å². The van der Waals surface area contributed by atoms with Gasteiger partial charge < -0.3 is 4.52 Å². The molecule has 0 saturated heterocycles. The molecule has 0 amide bonds. The summed E-state index contributed by atoms with van der Waals surface area (Å²) in [6.45, 7) is 8.19. The number of thioether (sulfide) groups is 1. The first-order valence-electron chi connectivity index (χ1n) is 9.94. The quantitative estimate of drug-likeness (QED) is 0.337. The Bertz CT molecular complexity index is 1240. The molecule has 0 atom stereocenters. The first-order valence-corrected chi connectivity index (χ1v) is 10.9. The van der Waals surface area contributed by atoms with Crippen LogP contribution in [-0.2, 0) is 17.6 Å². The molecule has 2 heterocycles. The SMILES string of the molecule is CCc1ccc(-n2c(SCc3noc(C(C)(C)C)n3)nc3ccccc3c2=O)cc1. The number of aryl methyl sites for hydroxylation is 1. The summed E-state index contributed by atoms with van der Waals surface area (Å²) in [4.78, 5) is 22.6. The van der Waals surface area contributed by atoms with E-state index >= 15 is 0 Å². The second-order valence-corrected chi connectivity index (χ2v) is 9.07. The van der Waals surface area contributed by atoms with Gasteiger partial charge in [0.25, 0.3) is 5.56 Å². The second kappa shape index (κ2) is 8.07. The van der Waals surface area contributed by atoms with Gasteiger partial charge in [-0.25, -0.2) is 4.98 Å². The van der Waals surface area contributed by atoms with Gasteiger partial charge in [-0.3, -0.25) is 9.36 Å². The predicted molar refractivity (Wildman–Crippen MR) is 119 cm³/mol. The van der Waals surface area contributed by atoms with E-state index < -0.39 is 0 Å². The van der Waals surface area contributed by atoms with Gasteiger partial charge in [0.15, 0.2) is 11.0 Å². The zero-order chi connectivity index (χ0) is 21.3. The first kappa shape index (κ1) is 20.3. The lowest BCUT2D eigenvalue weighted by Gasteiger charge is -2.13. The summed E-state index contributed by atoms with van der Waals surface area (Å²) in [5, 5.41) is 5.28. The van der Waals surface area contributed by atoms with Crippen molar-refractivity contribution in [3.05, 3.63) is 76.2 Å². The number of para-hydroxylation sites is 1. The molecule has 0 N–H and O–H groups in total. The molecule has 0 aliphatic rings. The van der Waals surface area contributed by atoms with Crippen LogP contribution < -0.4 is 5.56 Å². The highest BCUT2D eigenvalue weighted by molar-refractivity contribution is 7.98. The Morgan fingerprint density at radius 3 is 2.43 bits per heavy atom. The third kappa shape index (κ3) is 4.03. The van der Waals surface area contributed by atoms with Crippen molar-refractivity contribution in [1.82, 2.24) is 19.7 Å². The molecule has 0 bridgehead atoms. The fourth-order valence-electron chi connectivity index (χ4n) is 3.06. The lowest BCUT2D eigenvalue weighted by molar-refractivity contribution is 0.319. The fourth-order valence-corrected chi connectivity index (χ4v) is 3.92. The van der Waals surface area contributed by atoms with Crippen molar-refractivity contribution in [2.24, 2.45) is 0 Å². The van der Waals surface area contributed by atoms with E-state index in [1.165, 1.54) is 17.3 Å². The topological polar surface area (TPSA) is 73.8 Å². The molecule has 0 unspecified atom stereocenters. The van der Waals surface area contributed by atoms with E-state index in [4.69, 9.17) is 9.51 Å². The molecule has 2 aromatic carbocycles. The maximum Gasteiger partial charge on any atom is 0.266 e. The Morgan fingerprint density at radius 1 is 1.03 bits per heavy atom. The summed E-state index contributed by atoms with van der Waals surface area (Å²) in [6.07, 6.45) is 0.945. The van der Waals surface area contributed by atoms with Crippen LogP contribution in [0.5, 0.6) is 0 Å². The van der Waals surface area contributed by atoms with Crippen LogP contribution in [0, 0.1) is 0 Å². The van der Waals surface area contributed by atoms with E-state index in [2.05, 4.69) is 17.1 Å². The summed E-state index contributed by atoms with van der Waals surface area (Å²) >= 11 is 1.42. The van der Waals surface area contributed by atoms with Gasteiger partial charge in [0.1, 0.15) is 0 Å². The number of rotatable bonds is 5. The summed E-state index contributed by atoms with van der Waals surface area (Å²) in [6, 6.07) is 15.4. The number of benzene rings is 2. The zero-order valence-corrected chi connectivity index (χ0v) is 18.4. The third-order valence-electron chi connectivity index (χ3n) is 4.79. The van der Waals surface area contributed by atoms with E-state index in [9.17, 15) is 4.79 Å². The number of hydrogen-bond acceptors (Lipinski definition) is 6. The molecule has 7 heteroatoms. The van der Waals surface area contributed by atoms with Crippen LogP contribution >= 0.6 is 11.8 Å². The highest BCUT2D eigenvalue weighted by Crippen LogP contribution is 2.26. The zero-order valence-electron chi connectivity index (χ0n) is 17.5. The molecule has 4 aromatic rings. The molecule has 0 radical (unpaired) electrons. The molecular formula is C23H24N4O2S. The van der Waals surface area contributed by atoms with Crippen LogP contribution in [0.4, 0.5) is 0 Å². The minimum Gasteiger partial charge on any atom is -0.339 e. The molecule has 2 aromatic heterocycles. The van der Waals surface area contributed by atoms with Crippen LogP contribution in [0.1, 0.15) is 45.0 Å². The Labute approximate surface area is 179 Å². The first-order chi connectivity index (χ1) is 14.4. The van der Waals surface area contributed by atoms with E-state index in [1.807, 2.05) is 69.3 Å². The summed E-state index contributed by atoms with van der Waals surface area (Å²) in [5.74, 6) is 1.63. The largest absolute Gasteiger partial charge is 0.339 e. The molecule has 0 aliphatic heterocycles. The average molecular weight is 421 g/mol. The third-order valence-corrected chi connectivity index (χ3v) is 5.72. The lowest BCUT2D eigenvalue weighted by atomic mass is 9.97. The van der Waals surface area contributed by atoms with E-state index in [0.29, 0.717) is 33.5 Å². The minimum atomic E-state index is -0.208. The van der Waals surface area contributed by atoms with E-state index in [0.717, 1.165) is 12.1 Å². The molecule has 0 saturated carbocycles. The number of nitrogens with zero attached hydrogens (tertiary/aromatic N) is 4. The van der Waals surface area contributed by atoms with Gasteiger partial charge in [-0.15, -0.1) is 0 Å². The molecule has 30 heavy (non-hydrogen) atoms. The molecule has 6 nitrogen and oxygen atoms in total. The van der Waals surface area contributed by atoms with Gasteiger partial charge in [0, 0.05) is 5.41 Å². The van der Waals surface area contributed by atoms with Gasteiger partial charge in [-0.2, -0.15) is 4.98 Å². The fraction of sp³-hybridized carbons (Fsp3) is 0.304. The van der Waals surface area contributed by atoms with E-state index in [-0.39, 0.29) is 11.0 Å². The minimum absolute atomic E-state index is 0.0872. The second-order valence-electron chi connectivity index (χ2n) is 8.13. The van der Waals surface area contributed by atoms with Gasteiger partial charge in [0.2, 0.25) is 5.89 Å². The van der Waals surface area contributed by atoms with Crippen molar-refractivity contribution in [2.45, 2.75) is 50.4 Å². The molecular weight excluding hydrogens is 396 g/mol. The maximum atomic E-state index is 13.3. The summed E-state index contributed by atoms with van der Waals surface area (Å²) in [7, 11) is 0. The van der Waals surface area contributed by atoms with Crippen LogP contribution in [0.2, 0.25) is 0 Å². The predicted octanol–water partition coefficient (Wildman–Crippen LogP) is 4.92. The van der Waals surface area contributed by atoms with Crippen molar-refractivity contribution in [1.29, 1.82) is 0 Å². The van der Waals surface area contributed by atoms with Crippen molar-refractivity contribution >= 4 is 22.7 Å². The van der Waals surface area contributed by atoms with Crippen LogP contribution in [0.3, 0.4) is 0 Å². The van der Waals surface area contributed by atoms with Crippen molar-refractivity contribution in [3.63, 3.8) is 0 Å². The average Bonchev–Trinajstić information content (AvgIpc) is 3.22. The highest BCUT2D eigenvalue weighted by Gasteiger charge is 2.22. The Morgan fingerprint density at radius 2 is 1.77 bits per heavy atom. The Hall–Kier alpha value is -2.93. The monoisotopic (exact) mass is 420 g/mol. The smallest absolute Gasteiger partial charge is 0.266 e. The van der Waals surface area contributed by atoms with Gasteiger partial charge >= 0.3 is 0 Å². The highest BCUT2D eigenvalue weighted by atomic mass is 32.2. The summed E-state index contributed by atoms with van der Waals surface area (Å²) in [5.41, 5.74) is 2.39. The number of hydrogen-bond donors (Lipinski definition) is 0. The van der Waals surface area contributed by atoms with Crippen molar-refractivity contribution in [2.75, 3.05) is 0 Å². The normalized spacial score (nSPS) is 11.9. The van der Waals surface area contributed by atoms with Crippen molar-refractivity contribution < 1.29 is 4.52 Å². The number of aromatic nitrogens is 4. The molecule has 0 aliphatic carbocycles. The van der Waals surface area contributed by atoms with E-state index in [1.54, 1.807) is 4.57 Å². The Balaban J connectivity index is 1.75. The number of fused-ring (bicyclic) bond motifs is 1. The van der Waals surface area contributed by atoms with Crippen LogP contribution in [0.15, 0.2) is 63.0 Å². The summed E-state index contributed by atoms with van der Waals surface area (Å²) < 4.78 is 7.05. The Kier molecular flexibility index (Phi) is 5.47.